The van der Waals surface area contributed by atoms with Crippen LogP contribution in [0.5, 0.6) is 5.75 Å². The van der Waals surface area contributed by atoms with Gasteiger partial charge < -0.3 is 10.4 Å². The molecular weight excluding hydrogens is 297 g/mol. The molecule has 0 bridgehead atoms. The minimum absolute atomic E-state index is 0.0834. The number of hydrogen-bond donors (Lipinski definition) is 2. The van der Waals surface area contributed by atoms with Gasteiger partial charge in [-0.3, -0.25) is 4.90 Å². The van der Waals surface area contributed by atoms with Crippen LogP contribution in [0.2, 0.25) is 10.0 Å². The largest absolute Gasteiger partial charge is 0.506 e. The summed E-state index contributed by atoms with van der Waals surface area (Å²) in [6.07, 6.45) is -2.61. The summed E-state index contributed by atoms with van der Waals surface area (Å²) in [7, 11) is 0. The van der Waals surface area contributed by atoms with E-state index in [1.54, 1.807) is 4.90 Å². The fourth-order valence-corrected chi connectivity index (χ4v) is 2.57. The number of rotatable bonds is 3. The predicted molar refractivity (Wildman–Crippen MR) is 71.3 cm³/mol. The van der Waals surface area contributed by atoms with Crippen molar-refractivity contribution in [3.8, 4) is 5.75 Å². The lowest BCUT2D eigenvalue weighted by atomic mass is 10.0. The molecule has 0 spiro atoms. The number of nitrogens with zero attached hydrogens (tertiary/aromatic N) is 1. The van der Waals surface area contributed by atoms with Crippen LogP contribution in [-0.4, -0.2) is 42.6 Å². The fraction of sp³-hybridized carbons (Fsp3) is 0.500. The summed E-state index contributed by atoms with van der Waals surface area (Å²) in [5.41, 5.74) is 0.117. The monoisotopic (exact) mass is 310 g/mol. The second-order valence-corrected chi connectivity index (χ2v) is 5.15. The Morgan fingerprint density at radius 2 is 1.84 bits per heavy atom. The molecule has 0 radical (unpaired) electrons. The van der Waals surface area contributed by atoms with E-state index >= 15 is 0 Å². The van der Waals surface area contributed by atoms with E-state index in [1.807, 2.05) is 0 Å². The summed E-state index contributed by atoms with van der Waals surface area (Å²) in [6.45, 7) is 2.28. The molecule has 0 saturated carbocycles. The van der Waals surface area contributed by atoms with Crippen LogP contribution >= 0.6 is 23.2 Å². The number of aromatic hydroxyl groups is 1. The highest BCUT2D eigenvalue weighted by atomic mass is 35.5. The molecule has 7 heteroatoms. The van der Waals surface area contributed by atoms with Crippen LogP contribution in [0.15, 0.2) is 12.1 Å². The number of hydrogen-bond acceptors (Lipinski definition) is 3. The molecule has 1 saturated heterocycles. The van der Waals surface area contributed by atoms with E-state index in [2.05, 4.69) is 5.32 Å². The maximum absolute atomic E-state index is 13.3. The first kappa shape index (κ1) is 14.8. The topological polar surface area (TPSA) is 35.5 Å². The zero-order chi connectivity index (χ0) is 14.0. The number of phenols is 1. The highest BCUT2D eigenvalue weighted by Gasteiger charge is 2.32. The molecule has 0 aliphatic carbocycles. The lowest BCUT2D eigenvalue weighted by molar-refractivity contribution is 0.0170. The van der Waals surface area contributed by atoms with Crippen LogP contribution in [-0.2, 0) is 0 Å². The molecular formula is C12H14Cl2F2N2O. The van der Waals surface area contributed by atoms with E-state index < -0.39 is 12.5 Å². The van der Waals surface area contributed by atoms with Gasteiger partial charge in [-0.05, 0) is 6.07 Å². The third kappa shape index (κ3) is 3.11. The molecule has 0 unspecified atom stereocenters. The van der Waals surface area contributed by atoms with Gasteiger partial charge in [-0.2, -0.15) is 0 Å². The van der Waals surface area contributed by atoms with Gasteiger partial charge in [0.05, 0.1) is 5.02 Å². The van der Waals surface area contributed by atoms with Crippen molar-refractivity contribution >= 4 is 23.2 Å². The van der Waals surface area contributed by atoms with E-state index in [9.17, 15) is 13.9 Å². The van der Waals surface area contributed by atoms with E-state index in [0.29, 0.717) is 26.2 Å². The van der Waals surface area contributed by atoms with Crippen molar-refractivity contribution in [1.29, 1.82) is 0 Å². The summed E-state index contributed by atoms with van der Waals surface area (Å²) in [5.74, 6) is -0.363. The quantitative estimate of drug-likeness (QED) is 0.901. The highest BCUT2D eigenvalue weighted by Crippen LogP contribution is 2.40. The molecule has 1 aromatic rings. The molecule has 0 aromatic heterocycles. The lowest BCUT2D eigenvalue weighted by Gasteiger charge is -2.35. The lowest BCUT2D eigenvalue weighted by Crippen LogP contribution is -2.46. The minimum Gasteiger partial charge on any atom is -0.506 e. The van der Waals surface area contributed by atoms with Crippen LogP contribution in [0.3, 0.4) is 0 Å². The molecule has 1 aliphatic rings. The third-order valence-corrected chi connectivity index (χ3v) is 4.00. The van der Waals surface area contributed by atoms with Gasteiger partial charge in [0.25, 0.3) is 6.43 Å². The molecule has 1 atom stereocenters. The Hall–Kier alpha value is -0.620. The van der Waals surface area contributed by atoms with Gasteiger partial charge in [-0.15, -0.1) is 0 Å². The Kier molecular flexibility index (Phi) is 4.84. The Morgan fingerprint density at radius 3 is 2.42 bits per heavy atom. The summed E-state index contributed by atoms with van der Waals surface area (Å²) < 4.78 is 26.7. The van der Waals surface area contributed by atoms with Crippen LogP contribution in [0.25, 0.3) is 0 Å². The van der Waals surface area contributed by atoms with E-state index in [0.717, 1.165) is 0 Å². The number of phenolic OH excluding ortho intramolecular Hbond substituents is 1. The zero-order valence-corrected chi connectivity index (χ0v) is 11.6. The molecule has 1 aliphatic heterocycles. The molecule has 3 nitrogen and oxygen atoms in total. The molecule has 1 fully saturated rings. The van der Waals surface area contributed by atoms with Crippen LogP contribution < -0.4 is 5.32 Å². The normalized spacial score (nSPS) is 18.8. The van der Waals surface area contributed by atoms with E-state index in [1.165, 1.54) is 12.1 Å². The van der Waals surface area contributed by atoms with Crippen molar-refractivity contribution in [2.24, 2.45) is 0 Å². The Labute approximate surface area is 120 Å². The second kappa shape index (κ2) is 6.22. The minimum atomic E-state index is -2.61. The summed E-state index contributed by atoms with van der Waals surface area (Å²) >= 11 is 11.6. The van der Waals surface area contributed by atoms with Crippen LogP contribution in [0.1, 0.15) is 11.6 Å². The van der Waals surface area contributed by atoms with Crippen LogP contribution in [0.4, 0.5) is 8.78 Å². The number of piperazine rings is 1. The van der Waals surface area contributed by atoms with E-state index in [4.69, 9.17) is 23.2 Å². The number of nitrogens with one attached hydrogen (secondary N) is 1. The summed E-state index contributed by atoms with van der Waals surface area (Å²) in [5, 5.41) is 13.1. The molecule has 0 amide bonds. The van der Waals surface area contributed by atoms with Crippen LogP contribution in [0, 0.1) is 0 Å². The van der Waals surface area contributed by atoms with Crippen molar-refractivity contribution in [1.82, 2.24) is 10.2 Å². The molecule has 106 valence electrons. The predicted octanol–water partition coefficient (Wildman–Crippen LogP) is 2.91. The third-order valence-electron chi connectivity index (χ3n) is 3.20. The van der Waals surface area contributed by atoms with Gasteiger partial charge in [0.1, 0.15) is 16.8 Å². The summed E-state index contributed by atoms with van der Waals surface area (Å²) in [6, 6.07) is 1.66. The number of alkyl halides is 2. The van der Waals surface area contributed by atoms with E-state index in [-0.39, 0.29) is 21.4 Å². The first-order valence-corrected chi connectivity index (χ1v) is 6.67. The molecule has 19 heavy (non-hydrogen) atoms. The Bertz CT molecular complexity index is 454. The van der Waals surface area contributed by atoms with Gasteiger partial charge in [0.15, 0.2) is 0 Å². The molecule has 2 rings (SSSR count). The van der Waals surface area contributed by atoms with Gasteiger partial charge in [0.2, 0.25) is 0 Å². The van der Waals surface area contributed by atoms with Gasteiger partial charge in [0, 0.05) is 31.7 Å². The first-order chi connectivity index (χ1) is 9.02. The van der Waals surface area contributed by atoms with Crippen molar-refractivity contribution < 1.29 is 13.9 Å². The maximum Gasteiger partial charge on any atom is 0.258 e. The van der Waals surface area contributed by atoms with Crippen molar-refractivity contribution in [3.63, 3.8) is 0 Å². The second-order valence-electron chi connectivity index (χ2n) is 4.36. The number of benzene rings is 1. The van der Waals surface area contributed by atoms with Gasteiger partial charge >= 0.3 is 0 Å². The molecule has 2 N–H and O–H groups in total. The Balaban J connectivity index is 2.36. The highest BCUT2D eigenvalue weighted by molar-refractivity contribution is 6.43. The maximum atomic E-state index is 13.3. The molecule has 1 aromatic carbocycles. The zero-order valence-electron chi connectivity index (χ0n) is 10.0. The number of halogens is 4. The average molecular weight is 311 g/mol. The SMILES string of the molecule is Oc1c([C@@H](C(F)F)N2CCNCC2)ccc(Cl)c1Cl. The smallest absolute Gasteiger partial charge is 0.258 e. The Morgan fingerprint density at radius 1 is 1.21 bits per heavy atom. The van der Waals surface area contributed by atoms with Gasteiger partial charge in [-0.1, -0.05) is 29.3 Å². The van der Waals surface area contributed by atoms with Crippen molar-refractivity contribution in [3.05, 3.63) is 27.7 Å². The fourth-order valence-electron chi connectivity index (χ4n) is 2.25. The van der Waals surface area contributed by atoms with Crippen molar-refractivity contribution in [2.45, 2.75) is 12.5 Å². The molecule has 1 heterocycles. The summed E-state index contributed by atoms with van der Waals surface area (Å²) in [4.78, 5) is 1.64. The van der Waals surface area contributed by atoms with Crippen molar-refractivity contribution in [2.75, 3.05) is 26.2 Å². The van der Waals surface area contributed by atoms with Gasteiger partial charge in [-0.25, -0.2) is 8.78 Å². The average Bonchev–Trinajstić information content (AvgIpc) is 2.40. The first-order valence-electron chi connectivity index (χ1n) is 5.92. The standard InChI is InChI=1S/C12H14Cl2F2N2O/c13-8-2-1-7(11(19)9(8)14)10(12(15)16)18-5-3-17-4-6-18/h1-2,10,12,17,19H,3-6H2/t10-/m0/s1.